The third kappa shape index (κ3) is 6.64. The Balaban J connectivity index is 1.46. The van der Waals surface area contributed by atoms with Crippen LogP contribution in [0.2, 0.25) is 0 Å². The first kappa shape index (κ1) is 20.4. The van der Waals surface area contributed by atoms with Crippen molar-refractivity contribution < 1.29 is 9.13 Å². The minimum Gasteiger partial charge on any atom is -0.489 e. The Morgan fingerprint density at radius 2 is 1.93 bits per heavy atom. The maximum absolute atomic E-state index is 13.0. The van der Waals surface area contributed by atoms with Gasteiger partial charge in [0.25, 0.3) is 0 Å². The van der Waals surface area contributed by atoms with Gasteiger partial charge in [-0.3, -0.25) is 9.67 Å². The topological polar surface area (TPSA) is 63.5 Å². The van der Waals surface area contributed by atoms with E-state index in [1.165, 1.54) is 17.7 Å². The minimum atomic E-state index is -0.276. The summed E-state index contributed by atoms with van der Waals surface area (Å²) in [6, 6.07) is 16.3. The number of hydrogen-bond acceptors (Lipinski definition) is 3. The van der Waals surface area contributed by atoms with Crippen molar-refractivity contribution in [2.45, 2.75) is 26.1 Å². The summed E-state index contributed by atoms with van der Waals surface area (Å²) in [5.41, 5.74) is 2.35. The molecule has 0 spiro atoms. The zero-order valence-electron chi connectivity index (χ0n) is 16.7. The molecule has 3 rings (SSSR count). The number of aliphatic imine (C=N–C) groups is 1. The van der Waals surface area contributed by atoms with Crippen molar-refractivity contribution in [3.63, 3.8) is 0 Å². The molecule has 0 aliphatic carbocycles. The Kier molecular flexibility index (Phi) is 7.22. The molecule has 1 heterocycles. The summed E-state index contributed by atoms with van der Waals surface area (Å²) < 4.78 is 20.6. The summed E-state index contributed by atoms with van der Waals surface area (Å²) in [6.45, 7) is 3.91. The average Bonchev–Trinajstić information content (AvgIpc) is 3.23. The summed E-state index contributed by atoms with van der Waals surface area (Å²) >= 11 is 0. The number of aromatic nitrogens is 2. The van der Waals surface area contributed by atoms with Crippen LogP contribution in [-0.4, -0.2) is 35.4 Å². The molecule has 0 aliphatic rings. The van der Waals surface area contributed by atoms with Crippen molar-refractivity contribution in [2.75, 3.05) is 13.6 Å². The van der Waals surface area contributed by atoms with Crippen LogP contribution in [-0.2, 0) is 13.1 Å². The van der Waals surface area contributed by atoms with E-state index in [1.54, 1.807) is 25.4 Å². The largest absolute Gasteiger partial charge is 0.489 e. The zero-order chi connectivity index (χ0) is 20.5. The lowest BCUT2D eigenvalue weighted by atomic mass is 10.1. The van der Waals surface area contributed by atoms with Crippen LogP contribution in [0.15, 0.2) is 72.0 Å². The van der Waals surface area contributed by atoms with E-state index < -0.39 is 0 Å². The van der Waals surface area contributed by atoms with Gasteiger partial charge in [0.2, 0.25) is 0 Å². The van der Waals surface area contributed by atoms with E-state index in [4.69, 9.17) is 4.74 Å². The normalized spacial score (nSPS) is 12.4. The summed E-state index contributed by atoms with van der Waals surface area (Å²) in [7, 11) is 1.73. The fraction of sp³-hybridized carbons (Fsp3) is 0.273. The van der Waals surface area contributed by atoms with Gasteiger partial charge in [-0.1, -0.05) is 24.3 Å². The van der Waals surface area contributed by atoms with Gasteiger partial charge in [-0.25, -0.2) is 4.39 Å². The third-order valence-corrected chi connectivity index (χ3v) is 4.29. The first-order valence-corrected chi connectivity index (χ1v) is 9.54. The second-order valence-corrected chi connectivity index (χ2v) is 6.71. The smallest absolute Gasteiger partial charge is 0.191 e. The molecule has 0 fully saturated rings. The van der Waals surface area contributed by atoms with Crippen molar-refractivity contribution in [1.29, 1.82) is 0 Å². The summed E-state index contributed by atoms with van der Waals surface area (Å²) in [5.74, 6) is 1.05. The molecule has 0 bridgehead atoms. The van der Waals surface area contributed by atoms with E-state index in [1.807, 2.05) is 29.9 Å². The second-order valence-electron chi connectivity index (χ2n) is 6.71. The number of nitrogens with one attached hydrogen (secondary N) is 2. The molecule has 0 amide bonds. The van der Waals surface area contributed by atoms with Gasteiger partial charge < -0.3 is 15.4 Å². The minimum absolute atomic E-state index is 0.101. The van der Waals surface area contributed by atoms with E-state index in [0.29, 0.717) is 24.8 Å². The van der Waals surface area contributed by atoms with Gasteiger partial charge in [-0.05, 0) is 48.4 Å². The van der Waals surface area contributed by atoms with Crippen LogP contribution >= 0.6 is 0 Å². The summed E-state index contributed by atoms with van der Waals surface area (Å²) in [5, 5.41) is 10.8. The highest BCUT2D eigenvalue weighted by Gasteiger charge is 2.06. The van der Waals surface area contributed by atoms with Crippen molar-refractivity contribution >= 4 is 5.96 Å². The summed E-state index contributed by atoms with van der Waals surface area (Å²) in [6.07, 6.45) is 3.63. The average molecular weight is 395 g/mol. The Bertz CT molecular complexity index is 909. The molecule has 0 saturated carbocycles. The number of benzene rings is 2. The van der Waals surface area contributed by atoms with Gasteiger partial charge in [-0.15, -0.1) is 0 Å². The molecule has 0 saturated heterocycles. The van der Waals surface area contributed by atoms with Crippen molar-refractivity contribution in [3.05, 3.63) is 83.9 Å². The van der Waals surface area contributed by atoms with Gasteiger partial charge in [0.05, 0.1) is 13.1 Å². The molecule has 0 aliphatic heterocycles. The molecule has 6 nitrogen and oxygen atoms in total. The number of ether oxygens (including phenoxy) is 1. The van der Waals surface area contributed by atoms with E-state index in [0.717, 1.165) is 12.1 Å². The van der Waals surface area contributed by atoms with E-state index in [-0.39, 0.29) is 11.9 Å². The number of guanidine groups is 1. The van der Waals surface area contributed by atoms with Crippen LogP contribution in [0.3, 0.4) is 0 Å². The number of nitrogens with zero attached hydrogens (tertiary/aromatic N) is 3. The highest BCUT2D eigenvalue weighted by Crippen LogP contribution is 2.12. The Labute approximate surface area is 170 Å². The molecular weight excluding hydrogens is 369 g/mol. The van der Waals surface area contributed by atoms with Crippen LogP contribution in [0.5, 0.6) is 5.75 Å². The number of hydrogen-bond donors (Lipinski definition) is 2. The molecule has 1 atom stereocenters. The molecule has 29 heavy (non-hydrogen) atoms. The number of halogens is 1. The summed E-state index contributed by atoms with van der Waals surface area (Å²) in [4.78, 5) is 4.25. The van der Waals surface area contributed by atoms with Gasteiger partial charge in [0.15, 0.2) is 5.96 Å². The van der Waals surface area contributed by atoms with Gasteiger partial charge in [0, 0.05) is 26.0 Å². The lowest BCUT2D eigenvalue weighted by Crippen LogP contribution is -2.41. The molecule has 152 valence electrons. The van der Waals surface area contributed by atoms with Crippen LogP contribution in [0.25, 0.3) is 0 Å². The number of rotatable bonds is 8. The van der Waals surface area contributed by atoms with E-state index >= 15 is 0 Å². The standard InChI is InChI=1S/C22H26FN5O/c1-17(29-21-9-7-20(23)8-10-21)14-25-22(24-2)26-15-18-5-3-6-19(13-18)16-28-12-4-11-27-28/h3-13,17H,14-16H2,1-2H3,(H2,24,25,26). The lowest BCUT2D eigenvalue weighted by Gasteiger charge is -2.18. The molecule has 2 aromatic carbocycles. The quantitative estimate of drug-likeness (QED) is 0.454. The molecule has 1 aromatic heterocycles. The second kappa shape index (κ2) is 10.3. The Morgan fingerprint density at radius 3 is 2.66 bits per heavy atom. The molecule has 1 unspecified atom stereocenters. The van der Waals surface area contributed by atoms with E-state index in [2.05, 4.69) is 38.9 Å². The highest BCUT2D eigenvalue weighted by atomic mass is 19.1. The first-order chi connectivity index (χ1) is 14.1. The van der Waals surface area contributed by atoms with Crippen molar-refractivity contribution in [2.24, 2.45) is 4.99 Å². The SMILES string of the molecule is CN=C(NCc1cccc(Cn2cccn2)c1)NCC(C)Oc1ccc(F)cc1. The Morgan fingerprint density at radius 1 is 1.14 bits per heavy atom. The molecule has 0 radical (unpaired) electrons. The van der Waals surface area contributed by atoms with Crippen molar-refractivity contribution in [1.82, 2.24) is 20.4 Å². The zero-order valence-corrected chi connectivity index (χ0v) is 16.7. The highest BCUT2D eigenvalue weighted by molar-refractivity contribution is 5.79. The molecular formula is C22H26FN5O. The first-order valence-electron chi connectivity index (χ1n) is 9.54. The molecule has 7 heteroatoms. The van der Waals surface area contributed by atoms with Crippen LogP contribution in [0, 0.1) is 5.82 Å². The molecule has 2 N–H and O–H groups in total. The van der Waals surface area contributed by atoms with Crippen molar-refractivity contribution in [3.8, 4) is 5.75 Å². The fourth-order valence-corrected chi connectivity index (χ4v) is 2.85. The lowest BCUT2D eigenvalue weighted by molar-refractivity contribution is 0.223. The predicted molar refractivity (Wildman–Crippen MR) is 112 cm³/mol. The van der Waals surface area contributed by atoms with Gasteiger partial charge >= 0.3 is 0 Å². The monoisotopic (exact) mass is 395 g/mol. The van der Waals surface area contributed by atoms with Crippen LogP contribution in [0.1, 0.15) is 18.1 Å². The van der Waals surface area contributed by atoms with Gasteiger partial charge in [0.1, 0.15) is 17.7 Å². The van der Waals surface area contributed by atoms with Crippen LogP contribution in [0.4, 0.5) is 4.39 Å². The van der Waals surface area contributed by atoms with Crippen LogP contribution < -0.4 is 15.4 Å². The van der Waals surface area contributed by atoms with E-state index in [9.17, 15) is 4.39 Å². The predicted octanol–water partition coefficient (Wildman–Crippen LogP) is 3.20. The maximum Gasteiger partial charge on any atom is 0.191 e. The molecule has 3 aromatic rings. The van der Waals surface area contributed by atoms with Gasteiger partial charge in [-0.2, -0.15) is 5.10 Å². The third-order valence-electron chi connectivity index (χ3n) is 4.29. The Hall–Kier alpha value is -3.35. The maximum atomic E-state index is 13.0. The fourth-order valence-electron chi connectivity index (χ4n) is 2.85.